The Morgan fingerprint density at radius 2 is 2.14 bits per heavy atom. The number of carbonyl (C=O) groups is 2. The summed E-state index contributed by atoms with van der Waals surface area (Å²) in [6.45, 7) is 5.46. The van der Waals surface area contributed by atoms with Crippen LogP contribution < -0.4 is 0 Å². The molecule has 0 radical (unpaired) electrons. The first-order valence-electron chi connectivity index (χ1n) is 9.96. The number of carbonyl (C=O) groups excluding carboxylic acids is 2. The van der Waals surface area contributed by atoms with Crippen molar-refractivity contribution in [1.82, 2.24) is 19.9 Å². The van der Waals surface area contributed by atoms with Gasteiger partial charge in [0.1, 0.15) is 0 Å². The van der Waals surface area contributed by atoms with E-state index in [1.807, 2.05) is 28.9 Å². The Kier molecular flexibility index (Phi) is 5.48. The van der Waals surface area contributed by atoms with E-state index in [2.05, 4.69) is 10.1 Å². The van der Waals surface area contributed by atoms with E-state index in [0.29, 0.717) is 31.3 Å². The number of hydrogen-bond donors (Lipinski definition) is 0. The summed E-state index contributed by atoms with van der Waals surface area (Å²) in [5, 5.41) is 4.05. The van der Waals surface area contributed by atoms with Gasteiger partial charge in [0.15, 0.2) is 5.82 Å². The second-order valence-electron chi connectivity index (χ2n) is 7.74. The molecule has 0 spiro atoms. The van der Waals surface area contributed by atoms with Crippen LogP contribution in [-0.4, -0.2) is 57.4 Å². The molecule has 3 heterocycles. The summed E-state index contributed by atoms with van der Waals surface area (Å²) < 4.78 is 5.31. The maximum absolute atomic E-state index is 12.8. The number of amides is 2. The maximum atomic E-state index is 12.8. The van der Waals surface area contributed by atoms with Crippen molar-refractivity contribution < 1.29 is 14.1 Å². The average Bonchev–Trinajstić information content (AvgIpc) is 3.27. The predicted octanol–water partition coefficient (Wildman–Crippen LogP) is 3.01. The molecule has 2 amide bonds. The third-order valence-electron chi connectivity index (χ3n) is 5.47. The molecule has 7 nitrogen and oxygen atoms in total. The van der Waals surface area contributed by atoms with Crippen LogP contribution in [0.3, 0.4) is 0 Å². The van der Waals surface area contributed by atoms with Gasteiger partial charge in [0.25, 0.3) is 5.91 Å². The molecule has 2 aromatic rings. The Morgan fingerprint density at radius 1 is 1.32 bits per heavy atom. The van der Waals surface area contributed by atoms with Gasteiger partial charge in [-0.2, -0.15) is 4.98 Å². The summed E-state index contributed by atoms with van der Waals surface area (Å²) in [6, 6.07) is 3.90. The minimum absolute atomic E-state index is 0.0252. The number of thiophene rings is 1. The summed E-state index contributed by atoms with van der Waals surface area (Å²) in [5.41, 5.74) is 0. The number of rotatable bonds is 6. The Balaban J connectivity index is 1.38. The molecule has 0 bridgehead atoms. The predicted molar refractivity (Wildman–Crippen MR) is 105 cm³/mol. The highest BCUT2D eigenvalue weighted by atomic mass is 32.1. The molecule has 1 aliphatic heterocycles. The standard InChI is InChI=1S/C20H26N4O3S/c1-13-5-8-17(28-13)20(26)23-10-3-4-16(12-23)24(14(2)25)11-9-18-21-19(27-22-18)15-6-7-15/h5,8,15-16H,3-4,6-7,9-12H2,1-2H3. The van der Waals surface area contributed by atoms with Gasteiger partial charge in [-0.15, -0.1) is 11.3 Å². The van der Waals surface area contributed by atoms with Crippen molar-refractivity contribution >= 4 is 23.2 Å². The van der Waals surface area contributed by atoms with Crippen LogP contribution in [-0.2, 0) is 11.2 Å². The van der Waals surface area contributed by atoms with Crippen LogP contribution in [0.4, 0.5) is 0 Å². The number of aryl methyl sites for hydroxylation is 1. The van der Waals surface area contributed by atoms with Gasteiger partial charge in [0.2, 0.25) is 11.8 Å². The van der Waals surface area contributed by atoms with Crippen molar-refractivity contribution in [3.8, 4) is 0 Å². The number of aromatic nitrogens is 2. The highest BCUT2D eigenvalue weighted by molar-refractivity contribution is 7.13. The van der Waals surface area contributed by atoms with Crippen LogP contribution in [0.5, 0.6) is 0 Å². The van der Waals surface area contributed by atoms with Gasteiger partial charge in [-0.25, -0.2) is 0 Å². The molecule has 2 aliphatic rings. The summed E-state index contributed by atoms with van der Waals surface area (Å²) in [5.74, 6) is 1.91. The van der Waals surface area contributed by atoms with Crippen molar-refractivity contribution in [2.75, 3.05) is 19.6 Å². The van der Waals surface area contributed by atoms with Crippen LogP contribution >= 0.6 is 11.3 Å². The van der Waals surface area contributed by atoms with Crippen molar-refractivity contribution in [2.24, 2.45) is 0 Å². The van der Waals surface area contributed by atoms with Gasteiger partial charge in [-0.05, 0) is 44.7 Å². The molecular weight excluding hydrogens is 376 g/mol. The molecule has 2 aromatic heterocycles. The van der Waals surface area contributed by atoms with Gasteiger partial charge in [0.05, 0.1) is 4.88 Å². The molecule has 1 saturated heterocycles. The lowest BCUT2D eigenvalue weighted by molar-refractivity contribution is -0.132. The second kappa shape index (κ2) is 8.03. The van der Waals surface area contributed by atoms with Gasteiger partial charge in [0, 0.05) is 49.8 Å². The van der Waals surface area contributed by atoms with E-state index in [4.69, 9.17) is 4.52 Å². The average molecular weight is 403 g/mol. The first-order valence-corrected chi connectivity index (χ1v) is 10.8. The summed E-state index contributed by atoms with van der Waals surface area (Å²) in [7, 11) is 0. The number of nitrogens with zero attached hydrogens (tertiary/aromatic N) is 4. The highest BCUT2D eigenvalue weighted by Gasteiger charge is 2.31. The van der Waals surface area contributed by atoms with Gasteiger partial charge in [-0.3, -0.25) is 9.59 Å². The quantitative estimate of drug-likeness (QED) is 0.742. The van der Waals surface area contributed by atoms with E-state index in [9.17, 15) is 9.59 Å². The zero-order valence-electron chi connectivity index (χ0n) is 16.4. The molecule has 1 aliphatic carbocycles. The fraction of sp³-hybridized carbons (Fsp3) is 0.600. The molecule has 1 unspecified atom stereocenters. The fourth-order valence-corrected chi connectivity index (χ4v) is 4.62. The minimum atomic E-state index is 0.0252. The lowest BCUT2D eigenvalue weighted by Crippen LogP contribution is -2.51. The number of likely N-dealkylation sites (tertiary alicyclic amines) is 1. The van der Waals surface area contributed by atoms with E-state index in [0.717, 1.165) is 47.9 Å². The number of hydrogen-bond acceptors (Lipinski definition) is 6. The molecular formula is C20H26N4O3S. The Morgan fingerprint density at radius 3 is 2.82 bits per heavy atom. The monoisotopic (exact) mass is 402 g/mol. The maximum Gasteiger partial charge on any atom is 0.263 e. The zero-order chi connectivity index (χ0) is 19.7. The largest absolute Gasteiger partial charge is 0.339 e. The summed E-state index contributed by atoms with van der Waals surface area (Å²) in [4.78, 5) is 35.2. The zero-order valence-corrected chi connectivity index (χ0v) is 17.2. The molecule has 150 valence electrons. The Labute approximate surface area is 168 Å². The van der Waals surface area contributed by atoms with E-state index in [-0.39, 0.29) is 17.9 Å². The molecule has 0 N–H and O–H groups in total. The molecule has 1 saturated carbocycles. The minimum Gasteiger partial charge on any atom is -0.339 e. The van der Waals surface area contributed by atoms with Gasteiger partial charge >= 0.3 is 0 Å². The fourth-order valence-electron chi connectivity index (χ4n) is 3.78. The summed E-state index contributed by atoms with van der Waals surface area (Å²) >= 11 is 1.52. The van der Waals surface area contributed by atoms with Crippen molar-refractivity contribution in [2.45, 2.75) is 57.9 Å². The smallest absolute Gasteiger partial charge is 0.263 e. The Hall–Kier alpha value is -2.22. The molecule has 0 aromatic carbocycles. The van der Waals surface area contributed by atoms with E-state index in [1.165, 1.54) is 11.3 Å². The van der Waals surface area contributed by atoms with Crippen LogP contribution in [0.2, 0.25) is 0 Å². The SMILES string of the molecule is CC(=O)N(CCc1noc(C2CC2)n1)C1CCCN(C(=O)c2ccc(C)s2)C1. The molecule has 28 heavy (non-hydrogen) atoms. The molecule has 1 atom stereocenters. The van der Waals surface area contributed by atoms with Crippen molar-refractivity contribution in [1.29, 1.82) is 0 Å². The Bertz CT molecular complexity index is 857. The van der Waals surface area contributed by atoms with Gasteiger partial charge < -0.3 is 14.3 Å². The lowest BCUT2D eigenvalue weighted by atomic mass is 10.0. The number of piperidine rings is 1. The first-order chi connectivity index (χ1) is 13.5. The normalized spacial score (nSPS) is 19.6. The van der Waals surface area contributed by atoms with E-state index >= 15 is 0 Å². The van der Waals surface area contributed by atoms with Crippen LogP contribution in [0.1, 0.15) is 64.8 Å². The van der Waals surface area contributed by atoms with Crippen LogP contribution in [0.15, 0.2) is 16.7 Å². The third-order valence-corrected chi connectivity index (χ3v) is 6.46. The summed E-state index contributed by atoms with van der Waals surface area (Å²) in [6.07, 6.45) is 4.63. The topological polar surface area (TPSA) is 79.5 Å². The van der Waals surface area contributed by atoms with Crippen molar-refractivity contribution in [3.05, 3.63) is 33.6 Å². The molecule has 2 fully saturated rings. The van der Waals surface area contributed by atoms with Crippen LogP contribution in [0, 0.1) is 6.92 Å². The van der Waals surface area contributed by atoms with Crippen molar-refractivity contribution in [3.63, 3.8) is 0 Å². The third kappa shape index (κ3) is 4.27. The van der Waals surface area contributed by atoms with E-state index in [1.54, 1.807) is 6.92 Å². The molecule has 4 rings (SSSR count). The first kappa shape index (κ1) is 19.1. The highest BCUT2D eigenvalue weighted by Crippen LogP contribution is 2.38. The van der Waals surface area contributed by atoms with E-state index < -0.39 is 0 Å². The second-order valence-corrected chi connectivity index (χ2v) is 9.03. The molecule has 8 heteroatoms. The lowest BCUT2D eigenvalue weighted by Gasteiger charge is -2.38. The van der Waals surface area contributed by atoms with Gasteiger partial charge in [-0.1, -0.05) is 5.16 Å². The van der Waals surface area contributed by atoms with Crippen LogP contribution in [0.25, 0.3) is 0 Å².